The molecule has 0 spiro atoms. The quantitative estimate of drug-likeness (QED) is 0.592. The van der Waals surface area contributed by atoms with E-state index in [1.165, 1.54) is 43.5 Å². The molecule has 0 fully saturated rings. The molecule has 25 heavy (non-hydrogen) atoms. The number of hydrogen-bond donors (Lipinski definition) is 1. The number of sulfone groups is 1. The molecule has 0 unspecified atom stereocenters. The van der Waals surface area contributed by atoms with Crippen molar-refractivity contribution in [3.8, 4) is 5.75 Å². The molecule has 0 aromatic heterocycles. The van der Waals surface area contributed by atoms with E-state index in [1.807, 2.05) is 0 Å². The van der Waals surface area contributed by atoms with Crippen LogP contribution in [0.15, 0.2) is 53.4 Å². The van der Waals surface area contributed by atoms with Crippen molar-refractivity contribution in [3.05, 3.63) is 64.2 Å². The maximum Gasteiger partial charge on any atom is 0.269 e. The van der Waals surface area contributed by atoms with Crippen molar-refractivity contribution in [1.82, 2.24) is 5.32 Å². The first-order valence-corrected chi connectivity index (χ1v) is 8.88. The zero-order valence-corrected chi connectivity index (χ0v) is 14.2. The molecule has 0 bridgehead atoms. The van der Waals surface area contributed by atoms with Gasteiger partial charge in [-0.3, -0.25) is 14.9 Å². The number of carbonyl (C=O) groups is 1. The van der Waals surface area contributed by atoms with Gasteiger partial charge >= 0.3 is 0 Å². The first-order valence-electron chi connectivity index (χ1n) is 7.23. The molecule has 8 nitrogen and oxygen atoms in total. The van der Waals surface area contributed by atoms with Gasteiger partial charge in [0, 0.05) is 24.2 Å². The number of hydrogen-bond acceptors (Lipinski definition) is 6. The van der Waals surface area contributed by atoms with Crippen molar-refractivity contribution in [1.29, 1.82) is 0 Å². The summed E-state index contributed by atoms with van der Waals surface area (Å²) in [5.41, 5.74) is 0.0890. The van der Waals surface area contributed by atoms with E-state index in [-0.39, 0.29) is 28.4 Å². The molecule has 2 aromatic rings. The van der Waals surface area contributed by atoms with Crippen molar-refractivity contribution < 1.29 is 22.9 Å². The Labute approximate surface area is 144 Å². The van der Waals surface area contributed by atoms with Gasteiger partial charge in [-0.05, 0) is 36.4 Å². The molecular weight excluding hydrogens is 348 g/mol. The number of carbonyl (C=O) groups excluding carboxylic acids is 1. The highest BCUT2D eigenvalue weighted by Gasteiger charge is 2.15. The summed E-state index contributed by atoms with van der Waals surface area (Å²) in [6.45, 7) is -0.0792. The van der Waals surface area contributed by atoms with Gasteiger partial charge in [0.1, 0.15) is 5.75 Å². The van der Waals surface area contributed by atoms with E-state index in [0.717, 1.165) is 0 Å². The third kappa shape index (κ3) is 4.77. The summed E-state index contributed by atoms with van der Waals surface area (Å²) in [5, 5.41) is 13.1. The molecule has 1 N–H and O–H groups in total. The molecule has 0 saturated heterocycles. The Bertz CT molecular complexity index is 861. The van der Waals surface area contributed by atoms with Crippen LogP contribution in [-0.2, 0) is 9.84 Å². The third-order valence-electron chi connectivity index (χ3n) is 3.42. The second kappa shape index (κ2) is 7.75. The van der Waals surface area contributed by atoms with Gasteiger partial charge in [-0.15, -0.1) is 0 Å². The summed E-state index contributed by atoms with van der Waals surface area (Å²) >= 11 is 0. The third-order valence-corrected chi connectivity index (χ3v) is 5.15. The second-order valence-electron chi connectivity index (χ2n) is 5.05. The Balaban J connectivity index is 1.94. The lowest BCUT2D eigenvalue weighted by Crippen LogP contribution is -2.29. The van der Waals surface area contributed by atoms with E-state index in [2.05, 4.69) is 5.32 Å². The summed E-state index contributed by atoms with van der Waals surface area (Å²) in [5.74, 6) is -0.219. The highest BCUT2D eigenvalue weighted by Crippen LogP contribution is 2.16. The Morgan fingerprint density at radius 2 is 1.72 bits per heavy atom. The van der Waals surface area contributed by atoms with Crippen LogP contribution in [0.1, 0.15) is 10.4 Å². The number of amides is 1. The number of benzene rings is 2. The normalized spacial score (nSPS) is 10.9. The Hall–Kier alpha value is -2.94. The second-order valence-corrected chi connectivity index (χ2v) is 7.16. The van der Waals surface area contributed by atoms with E-state index in [0.29, 0.717) is 5.75 Å². The van der Waals surface area contributed by atoms with Crippen LogP contribution >= 0.6 is 0 Å². The van der Waals surface area contributed by atoms with Crippen molar-refractivity contribution in [2.24, 2.45) is 0 Å². The van der Waals surface area contributed by atoms with E-state index in [9.17, 15) is 23.3 Å². The van der Waals surface area contributed by atoms with Crippen LogP contribution in [0.4, 0.5) is 5.69 Å². The fourth-order valence-electron chi connectivity index (χ4n) is 2.04. The first-order chi connectivity index (χ1) is 11.8. The molecule has 0 aliphatic carbocycles. The Morgan fingerprint density at radius 3 is 2.24 bits per heavy atom. The molecule has 0 saturated carbocycles. The SMILES string of the molecule is COc1ccc(S(=O)(=O)CCNC(=O)c2ccc([N+](=O)[O-])cc2)cc1. The van der Waals surface area contributed by atoms with Gasteiger partial charge in [0.2, 0.25) is 0 Å². The lowest BCUT2D eigenvalue weighted by atomic mass is 10.2. The standard InChI is InChI=1S/C16H16N2O6S/c1-24-14-6-8-15(9-7-14)25(22,23)11-10-17-16(19)12-2-4-13(5-3-12)18(20)21/h2-9H,10-11H2,1H3,(H,17,19). The van der Waals surface area contributed by atoms with Crippen LogP contribution in [0.2, 0.25) is 0 Å². The minimum atomic E-state index is -3.54. The van der Waals surface area contributed by atoms with Gasteiger partial charge in [0.05, 0.1) is 22.7 Å². The molecule has 0 heterocycles. The average molecular weight is 364 g/mol. The van der Waals surface area contributed by atoms with Crippen molar-refractivity contribution in [3.63, 3.8) is 0 Å². The maximum atomic E-state index is 12.2. The molecule has 0 aliphatic rings. The molecule has 0 radical (unpaired) electrons. The highest BCUT2D eigenvalue weighted by atomic mass is 32.2. The lowest BCUT2D eigenvalue weighted by Gasteiger charge is -2.07. The van der Waals surface area contributed by atoms with E-state index < -0.39 is 20.7 Å². The predicted molar refractivity (Wildman–Crippen MR) is 90.5 cm³/mol. The van der Waals surface area contributed by atoms with Gasteiger partial charge in [-0.2, -0.15) is 0 Å². The fraction of sp³-hybridized carbons (Fsp3) is 0.188. The number of methoxy groups -OCH3 is 1. The molecule has 0 aliphatic heterocycles. The largest absolute Gasteiger partial charge is 0.497 e. The van der Waals surface area contributed by atoms with Gasteiger partial charge in [0.15, 0.2) is 9.84 Å². The number of ether oxygens (including phenoxy) is 1. The van der Waals surface area contributed by atoms with Crippen molar-refractivity contribution >= 4 is 21.4 Å². The van der Waals surface area contributed by atoms with Gasteiger partial charge < -0.3 is 10.1 Å². The molecule has 0 atom stereocenters. The number of nitrogens with zero attached hydrogens (tertiary/aromatic N) is 1. The number of nitro groups is 1. The molecule has 1 amide bonds. The van der Waals surface area contributed by atoms with Crippen molar-refractivity contribution in [2.45, 2.75) is 4.90 Å². The van der Waals surface area contributed by atoms with Crippen LogP contribution in [0, 0.1) is 10.1 Å². The topological polar surface area (TPSA) is 116 Å². The van der Waals surface area contributed by atoms with Gasteiger partial charge in [0.25, 0.3) is 11.6 Å². The molecule has 2 aromatic carbocycles. The van der Waals surface area contributed by atoms with E-state index in [1.54, 1.807) is 12.1 Å². The van der Waals surface area contributed by atoms with E-state index >= 15 is 0 Å². The zero-order valence-electron chi connectivity index (χ0n) is 13.3. The number of nitro benzene ring substituents is 1. The summed E-state index contributed by atoms with van der Waals surface area (Å²) in [6, 6.07) is 11.0. The monoisotopic (exact) mass is 364 g/mol. The minimum absolute atomic E-state index is 0.0792. The first kappa shape index (κ1) is 18.4. The van der Waals surface area contributed by atoms with Gasteiger partial charge in [-0.25, -0.2) is 8.42 Å². The predicted octanol–water partition coefficient (Wildman–Crippen LogP) is 1.81. The van der Waals surface area contributed by atoms with Crippen LogP contribution < -0.4 is 10.1 Å². The maximum absolute atomic E-state index is 12.2. The summed E-state index contributed by atoms with van der Waals surface area (Å²) in [7, 11) is -2.06. The molecule has 9 heteroatoms. The number of nitrogens with one attached hydrogen (secondary N) is 1. The molecular formula is C16H16N2O6S. The van der Waals surface area contributed by atoms with Crippen LogP contribution in [0.5, 0.6) is 5.75 Å². The molecule has 132 valence electrons. The van der Waals surface area contributed by atoms with Crippen LogP contribution in [0.25, 0.3) is 0 Å². The van der Waals surface area contributed by atoms with Crippen molar-refractivity contribution in [2.75, 3.05) is 19.4 Å². The van der Waals surface area contributed by atoms with E-state index in [4.69, 9.17) is 4.74 Å². The van der Waals surface area contributed by atoms with Crippen LogP contribution in [-0.4, -0.2) is 38.7 Å². The number of non-ortho nitro benzene ring substituents is 1. The number of rotatable bonds is 7. The Morgan fingerprint density at radius 1 is 1.12 bits per heavy atom. The molecule has 2 rings (SSSR count). The smallest absolute Gasteiger partial charge is 0.269 e. The lowest BCUT2D eigenvalue weighted by molar-refractivity contribution is -0.384. The fourth-order valence-corrected chi connectivity index (χ4v) is 3.19. The van der Waals surface area contributed by atoms with Gasteiger partial charge in [-0.1, -0.05) is 0 Å². The zero-order chi connectivity index (χ0) is 18.4. The highest BCUT2D eigenvalue weighted by molar-refractivity contribution is 7.91. The Kier molecular flexibility index (Phi) is 5.71. The van der Waals surface area contributed by atoms with Crippen LogP contribution in [0.3, 0.4) is 0 Å². The summed E-state index contributed by atoms with van der Waals surface area (Å²) < 4.78 is 29.4. The minimum Gasteiger partial charge on any atom is -0.497 e. The average Bonchev–Trinajstić information content (AvgIpc) is 2.61. The summed E-state index contributed by atoms with van der Waals surface area (Å²) in [4.78, 5) is 22.1. The summed E-state index contributed by atoms with van der Waals surface area (Å²) in [6.07, 6.45) is 0.